The molecule has 0 radical (unpaired) electrons. The number of ether oxygens (including phenoxy) is 1. The van der Waals surface area contributed by atoms with Gasteiger partial charge in [-0.25, -0.2) is 13.2 Å². The predicted molar refractivity (Wildman–Crippen MR) is 124 cm³/mol. The van der Waals surface area contributed by atoms with Crippen molar-refractivity contribution in [3.8, 4) is 22.9 Å². The van der Waals surface area contributed by atoms with Crippen molar-refractivity contribution < 1.29 is 17.9 Å². The van der Waals surface area contributed by atoms with Gasteiger partial charge >= 0.3 is 0 Å². The van der Waals surface area contributed by atoms with Gasteiger partial charge in [-0.3, -0.25) is 0 Å². The molecule has 0 aliphatic heterocycles. The molecule has 4 rings (SSSR count). The van der Waals surface area contributed by atoms with Crippen molar-refractivity contribution in [2.45, 2.75) is 12.8 Å². The molecule has 33 heavy (non-hydrogen) atoms. The second-order valence-corrected chi connectivity index (χ2v) is 7.64. The van der Waals surface area contributed by atoms with Crippen LogP contribution in [0, 0.1) is 28.8 Å². The topological polar surface area (TPSA) is 33.0 Å². The van der Waals surface area contributed by atoms with E-state index in [1.165, 1.54) is 6.07 Å². The molecular weight excluding hydrogens is 423 g/mol. The summed E-state index contributed by atoms with van der Waals surface area (Å²) >= 11 is 0. The van der Waals surface area contributed by atoms with E-state index in [1.54, 1.807) is 18.2 Å². The molecule has 4 aromatic rings. The first-order chi connectivity index (χ1) is 16.0. The molecule has 0 amide bonds. The standard InChI is InChI=1S/C28H20F3NO/c1-2-13-33-23-10-7-19(8-11-23)21-9-12-24-22(16-21)6-5-20(28(24)31)4-3-18-14-26(29)25(17-32)27(30)15-18/h2,5-12,14-16H,1,3-4,13H2. The summed E-state index contributed by atoms with van der Waals surface area (Å²) in [5, 5.41) is 10.0. The third-order valence-corrected chi connectivity index (χ3v) is 5.49. The number of benzene rings is 4. The molecule has 0 fully saturated rings. The van der Waals surface area contributed by atoms with Crippen LogP contribution in [0.2, 0.25) is 0 Å². The normalized spacial score (nSPS) is 10.7. The summed E-state index contributed by atoms with van der Waals surface area (Å²) in [4.78, 5) is 0. The van der Waals surface area contributed by atoms with Crippen molar-refractivity contribution >= 4 is 10.8 Å². The Balaban J connectivity index is 1.55. The Hall–Kier alpha value is -4.04. The van der Waals surface area contributed by atoms with Gasteiger partial charge in [-0.15, -0.1) is 0 Å². The molecule has 0 bridgehead atoms. The predicted octanol–water partition coefficient (Wildman–Crippen LogP) is 7.15. The third kappa shape index (κ3) is 4.75. The monoisotopic (exact) mass is 443 g/mol. The van der Waals surface area contributed by atoms with Gasteiger partial charge < -0.3 is 4.74 Å². The zero-order valence-electron chi connectivity index (χ0n) is 17.7. The average Bonchev–Trinajstić information content (AvgIpc) is 2.82. The number of nitrogens with zero attached hydrogens (tertiary/aromatic N) is 1. The number of nitriles is 1. The Labute approximate surface area is 190 Å². The third-order valence-electron chi connectivity index (χ3n) is 5.49. The molecule has 4 aromatic carbocycles. The number of hydrogen-bond acceptors (Lipinski definition) is 2. The van der Waals surface area contributed by atoms with Crippen LogP contribution in [-0.4, -0.2) is 6.61 Å². The van der Waals surface area contributed by atoms with Gasteiger partial charge in [0.05, 0.1) is 0 Å². The average molecular weight is 443 g/mol. The van der Waals surface area contributed by atoms with Crippen molar-refractivity contribution in [2.75, 3.05) is 6.61 Å². The minimum atomic E-state index is -0.903. The van der Waals surface area contributed by atoms with Gasteiger partial charge in [0.15, 0.2) is 0 Å². The van der Waals surface area contributed by atoms with Crippen molar-refractivity contribution in [1.29, 1.82) is 5.26 Å². The maximum atomic E-state index is 15.1. The summed E-state index contributed by atoms with van der Waals surface area (Å²) in [6.45, 7) is 4.06. The van der Waals surface area contributed by atoms with E-state index in [4.69, 9.17) is 10.00 Å². The van der Waals surface area contributed by atoms with Gasteiger partial charge in [0.2, 0.25) is 0 Å². The van der Waals surface area contributed by atoms with E-state index in [0.29, 0.717) is 23.1 Å². The second kappa shape index (κ2) is 9.62. The van der Waals surface area contributed by atoms with E-state index in [1.807, 2.05) is 42.5 Å². The van der Waals surface area contributed by atoms with Gasteiger partial charge in [-0.2, -0.15) is 5.26 Å². The van der Waals surface area contributed by atoms with Crippen LogP contribution >= 0.6 is 0 Å². The Morgan fingerprint density at radius 2 is 1.55 bits per heavy atom. The second-order valence-electron chi connectivity index (χ2n) is 7.64. The Bertz CT molecular complexity index is 1350. The maximum absolute atomic E-state index is 15.1. The van der Waals surface area contributed by atoms with Crippen LogP contribution in [0.3, 0.4) is 0 Å². The fourth-order valence-electron chi connectivity index (χ4n) is 3.76. The summed E-state index contributed by atoms with van der Waals surface area (Å²) in [5.74, 6) is -1.41. The van der Waals surface area contributed by atoms with Gasteiger partial charge in [-0.1, -0.05) is 49.1 Å². The lowest BCUT2D eigenvalue weighted by Gasteiger charge is -2.10. The Morgan fingerprint density at radius 1 is 0.848 bits per heavy atom. The van der Waals surface area contributed by atoms with E-state index in [-0.39, 0.29) is 18.7 Å². The number of rotatable bonds is 7. The van der Waals surface area contributed by atoms with Crippen LogP contribution < -0.4 is 4.74 Å². The van der Waals surface area contributed by atoms with Crippen LogP contribution in [0.4, 0.5) is 13.2 Å². The molecule has 164 valence electrons. The highest BCUT2D eigenvalue weighted by molar-refractivity contribution is 5.88. The Kier molecular flexibility index (Phi) is 6.46. The molecule has 5 heteroatoms. The first kappa shape index (κ1) is 22.2. The van der Waals surface area contributed by atoms with Gasteiger partial charge in [0.1, 0.15) is 41.4 Å². The van der Waals surface area contributed by atoms with Crippen molar-refractivity contribution in [1.82, 2.24) is 0 Å². The van der Waals surface area contributed by atoms with Gasteiger partial charge in [0, 0.05) is 5.39 Å². The van der Waals surface area contributed by atoms with Crippen molar-refractivity contribution in [3.63, 3.8) is 0 Å². The molecule has 0 unspecified atom stereocenters. The number of halogens is 3. The number of fused-ring (bicyclic) bond motifs is 1. The summed E-state index contributed by atoms with van der Waals surface area (Å²) < 4.78 is 48.3. The van der Waals surface area contributed by atoms with Crippen LogP contribution in [0.15, 0.2) is 79.4 Å². The van der Waals surface area contributed by atoms with E-state index >= 15 is 4.39 Å². The summed E-state index contributed by atoms with van der Waals surface area (Å²) in [6, 6.07) is 20.5. The SMILES string of the molecule is C=CCOc1ccc(-c2ccc3c(F)c(CCc4cc(F)c(C#N)c(F)c4)ccc3c2)cc1. The fraction of sp³-hybridized carbons (Fsp3) is 0.107. The lowest BCUT2D eigenvalue weighted by molar-refractivity contribution is 0.363. The van der Waals surface area contributed by atoms with E-state index in [0.717, 1.165) is 34.4 Å². The summed E-state index contributed by atoms with van der Waals surface area (Å²) in [6.07, 6.45) is 2.21. The number of aryl methyl sites for hydroxylation is 2. The largest absolute Gasteiger partial charge is 0.490 e. The van der Waals surface area contributed by atoms with Crippen LogP contribution in [0.1, 0.15) is 16.7 Å². The minimum Gasteiger partial charge on any atom is -0.490 e. The highest BCUT2D eigenvalue weighted by Crippen LogP contribution is 2.29. The zero-order chi connectivity index (χ0) is 23.4. The quantitative estimate of drug-likeness (QED) is 0.284. The molecule has 2 nitrogen and oxygen atoms in total. The van der Waals surface area contributed by atoms with E-state index < -0.39 is 17.2 Å². The highest BCUT2D eigenvalue weighted by Gasteiger charge is 2.13. The van der Waals surface area contributed by atoms with Crippen LogP contribution in [-0.2, 0) is 12.8 Å². The minimum absolute atomic E-state index is 0.250. The van der Waals surface area contributed by atoms with Crippen LogP contribution in [0.25, 0.3) is 21.9 Å². The first-order valence-electron chi connectivity index (χ1n) is 10.4. The number of hydrogen-bond donors (Lipinski definition) is 0. The lowest BCUT2D eigenvalue weighted by atomic mass is 9.97. The molecule has 0 atom stereocenters. The first-order valence-corrected chi connectivity index (χ1v) is 10.4. The molecule has 0 aliphatic rings. The van der Waals surface area contributed by atoms with Crippen molar-refractivity contribution in [2.24, 2.45) is 0 Å². The van der Waals surface area contributed by atoms with E-state index in [2.05, 4.69) is 6.58 Å². The summed E-state index contributed by atoms with van der Waals surface area (Å²) in [7, 11) is 0. The molecule has 0 saturated carbocycles. The van der Waals surface area contributed by atoms with Gasteiger partial charge in [-0.05, 0) is 70.8 Å². The van der Waals surface area contributed by atoms with Gasteiger partial charge in [0.25, 0.3) is 0 Å². The molecule has 0 N–H and O–H groups in total. The lowest BCUT2D eigenvalue weighted by Crippen LogP contribution is -1.99. The smallest absolute Gasteiger partial charge is 0.144 e. The molecule has 0 aromatic heterocycles. The molecule has 0 spiro atoms. The fourth-order valence-corrected chi connectivity index (χ4v) is 3.76. The maximum Gasteiger partial charge on any atom is 0.144 e. The van der Waals surface area contributed by atoms with Crippen molar-refractivity contribution in [3.05, 3.63) is 114 Å². The molecular formula is C28H20F3NO. The molecule has 0 heterocycles. The van der Waals surface area contributed by atoms with Crippen LogP contribution in [0.5, 0.6) is 5.75 Å². The molecule has 0 saturated heterocycles. The highest BCUT2D eigenvalue weighted by atomic mass is 19.1. The Morgan fingerprint density at radius 3 is 2.21 bits per heavy atom. The molecule has 0 aliphatic carbocycles. The summed E-state index contributed by atoms with van der Waals surface area (Å²) in [5.41, 5.74) is 2.17. The zero-order valence-corrected chi connectivity index (χ0v) is 17.7. The van der Waals surface area contributed by atoms with E-state index in [9.17, 15) is 8.78 Å².